The Balaban J connectivity index is 2.08. The number of rotatable bonds is 0. The highest BCUT2D eigenvalue weighted by molar-refractivity contribution is 6.16. The summed E-state index contributed by atoms with van der Waals surface area (Å²) < 4.78 is 0. The van der Waals surface area contributed by atoms with Crippen LogP contribution in [0.15, 0.2) is 40.1 Å². The van der Waals surface area contributed by atoms with Gasteiger partial charge >= 0.3 is 0 Å². The van der Waals surface area contributed by atoms with Crippen molar-refractivity contribution in [3.8, 4) is 0 Å². The van der Waals surface area contributed by atoms with Gasteiger partial charge in [0.1, 0.15) is 5.78 Å². The summed E-state index contributed by atoms with van der Waals surface area (Å²) in [5.41, 5.74) is 4.83. The van der Waals surface area contributed by atoms with Gasteiger partial charge in [-0.2, -0.15) is 0 Å². The fraction of sp³-hybridized carbons (Fsp3) is 0.333. The Bertz CT molecular complexity index is 435. The van der Waals surface area contributed by atoms with Crippen LogP contribution in [0.25, 0.3) is 0 Å². The summed E-state index contributed by atoms with van der Waals surface area (Å²) in [4.78, 5) is 15.8. The maximum absolute atomic E-state index is 11.3. The zero-order valence-corrected chi connectivity index (χ0v) is 7.92. The maximum atomic E-state index is 11.3. The van der Waals surface area contributed by atoms with Crippen molar-refractivity contribution in [1.82, 2.24) is 0 Å². The molecule has 3 rings (SSSR count). The molecule has 2 aliphatic carbocycles. The lowest BCUT2D eigenvalue weighted by atomic mass is 9.88. The zero-order valence-electron chi connectivity index (χ0n) is 7.92. The van der Waals surface area contributed by atoms with Crippen molar-refractivity contribution in [2.24, 2.45) is 4.99 Å². The van der Waals surface area contributed by atoms with Crippen LogP contribution in [-0.2, 0) is 4.79 Å². The second-order valence-corrected chi connectivity index (χ2v) is 3.92. The molecule has 0 saturated heterocycles. The fourth-order valence-electron chi connectivity index (χ4n) is 2.30. The molecular formula is C12H11NO. The predicted molar refractivity (Wildman–Crippen MR) is 55.2 cm³/mol. The number of aliphatic imine (C=N–C) groups is 1. The van der Waals surface area contributed by atoms with E-state index in [0.717, 1.165) is 24.3 Å². The van der Waals surface area contributed by atoms with Crippen LogP contribution in [0, 0.1) is 0 Å². The number of hydrogen-bond acceptors (Lipinski definition) is 2. The molecule has 70 valence electrons. The van der Waals surface area contributed by atoms with E-state index in [4.69, 9.17) is 0 Å². The average Bonchev–Trinajstić information content (AvgIpc) is 2.54. The van der Waals surface area contributed by atoms with Gasteiger partial charge in [0.05, 0.1) is 11.4 Å². The quantitative estimate of drug-likeness (QED) is 0.569. The van der Waals surface area contributed by atoms with Crippen LogP contribution >= 0.6 is 0 Å². The molecule has 1 fully saturated rings. The molecule has 1 aliphatic heterocycles. The molecule has 0 aromatic rings. The Morgan fingerprint density at radius 3 is 3.07 bits per heavy atom. The van der Waals surface area contributed by atoms with Gasteiger partial charge in [-0.25, -0.2) is 0 Å². The van der Waals surface area contributed by atoms with E-state index in [2.05, 4.69) is 11.1 Å². The molecule has 1 saturated carbocycles. The van der Waals surface area contributed by atoms with Crippen LogP contribution in [0.2, 0.25) is 0 Å². The van der Waals surface area contributed by atoms with E-state index in [9.17, 15) is 4.79 Å². The third-order valence-electron chi connectivity index (χ3n) is 3.01. The number of carbonyl (C=O) groups excluding carboxylic acids is 1. The molecule has 3 aliphatic rings. The van der Waals surface area contributed by atoms with Gasteiger partial charge in [0.15, 0.2) is 0 Å². The Labute approximate surface area is 82.7 Å². The molecule has 0 N–H and O–H groups in total. The largest absolute Gasteiger partial charge is 0.299 e. The number of fused-ring (bicyclic) bond motifs is 2. The normalized spacial score (nSPS) is 24.4. The van der Waals surface area contributed by atoms with Crippen LogP contribution < -0.4 is 0 Å². The Morgan fingerprint density at radius 1 is 1.21 bits per heavy atom. The molecule has 14 heavy (non-hydrogen) atoms. The highest BCUT2D eigenvalue weighted by atomic mass is 16.1. The fourth-order valence-corrected chi connectivity index (χ4v) is 2.30. The van der Waals surface area contributed by atoms with Crippen molar-refractivity contribution in [2.75, 3.05) is 0 Å². The molecule has 0 bridgehead atoms. The second-order valence-electron chi connectivity index (χ2n) is 3.92. The van der Waals surface area contributed by atoms with Crippen LogP contribution in [0.4, 0.5) is 0 Å². The summed E-state index contributed by atoms with van der Waals surface area (Å²) in [5, 5.41) is 0. The van der Waals surface area contributed by atoms with Crippen molar-refractivity contribution < 1.29 is 4.79 Å². The Morgan fingerprint density at radius 2 is 2.14 bits per heavy atom. The van der Waals surface area contributed by atoms with Gasteiger partial charge < -0.3 is 0 Å². The molecular weight excluding hydrogens is 174 g/mol. The highest BCUT2D eigenvalue weighted by Gasteiger charge is 2.28. The van der Waals surface area contributed by atoms with E-state index in [1.54, 1.807) is 0 Å². The van der Waals surface area contributed by atoms with E-state index in [1.165, 1.54) is 11.1 Å². The number of hydrogen-bond donors (Lipinski definition) is 0. The van der Waals surface area contributed by atoms with Crippen molar-refractivity contribution in [2.45, 2.75) is 25.7 Å². The van der Waals surface area contributed by atoms with Crippen LogP contribution in [0.3, 0.4) is 0 Å². The summed E-state index contributed by atoms with van der Waals surface area (Å²) in [6.45, 7) is 0. The third kappa shape index (κ3) is 1.03. The monoisotopic (exact) mass is 185 g/mol. The first kappa shape index (κ1) is 7.92. The zero-order chi connectivity index (χ0) is 9.54. The second kappa shape index (κ2) is 2.77. The molecule has 2 heteroatoms. The van der Waals surface area contributed by atoms with E-state index in [-0.39, 0.29) is 0 Å². The van der Waals surface area contributed by atoms with Crippen LogP contribution in [0.1, 0.15) is 25.7 Å². The first-order valence-electron chi connectivity index (χ1n) is 5.03. The predicted octanol–water partition coefficient (Wildman–Crippen LogP) is 2.33. The van der Waals surface area contributed by atoms with E-state index < -0.39 is 0 Å². The Hall–Kier alpha value is -1.44. The number of allylic oxidation sites excluding steroid dienone is 5. The SMILES string of the molecule is O=C1CCC2=C3CC=CC=C3N=C2C1. The van der Waals surface area contributed by atoms with E-state index >= 15 is 0 Å². The van der Waals surface area contributed by atoms with Gasteiger partial charge in [-0.3, -0.25) is 9.79 Å². The summed E-state index contributed by atoms with van der Waals surface area (Å²) >= 11 is 0. The van der Waals surface area contributed by atoms with Gasteiger partial charge in [0.25, 0.3) is 0 Å². The maximum Gasteiger partial charge on any atom is 0.139 e. The van der Waals surface area contributed by atoms with E-state index in [1.807, 2.05) is 12.2 Å². The molecule has 0 atom stereocenters. The topological polar surface area (TPSA) is 29.4 Å². The standard InChI is InChI=1S/C12H11NO/c14-8-5-6-10-9-3-1-2-4-11(9)13-12(10)7-8/h1-2,4H,3,5-7H2. The smallest absolute Gasteiger partial charge is 0.139 e. The van der Waals surface area contributed by atoms with Crippen LogP contribution in [-0.4, -0.2) is 11.5 Å². The minimum atomic E-state index is 0.334. The van der Waals surface area contributed by atoms with Gasteiger partial charge in [-0.1, -0.05) is 12.2 Å². The molecule has 2 nitrogen and oxygen atoms in total. The minimum absolute atomic E-state index is 0.334. The summed E-state index contributed by atoms with van der Waals surface area (Å²) in [5.74, 6) is 0.334. The number of nitrogens with zero attached hydrogens (tertiary/aromatic N) is 1. The van der Waals surface area contributed by atoms with Gasteiger partial charge in [0, 0.05) is 12.8 Å². The molecule has 0 amide bonds. The minimum Gasteiger partial charge on any atom is -0.299 e. The van der Waals surface area contributed by atoms with Crippen molar-refractivity contribution in [3.63, 3.8) is 0 Å². The van der Waals surface area contributed by atoms with Crippen molar-refractivity contribution in [1.29, 1.82) is 0 Å². The lowest BCUT2D eigenvalue weighted by Gasteiger charge is -2.14. The molecule has 0 aromatic carbocycles. The lowest BCUT2D eigenvalue weighted by Crippen LogP contribution is -2.16. The molecule has 1 heterocycles. The van der Waals surface area contributed by atoms with Gasteiger partial charge in [0.2, 0.25) is 0 Å². The number of Topliss-reactive ketones (excluding diaryl/α,β-unsaturated/α-hetero) is 1. The number of carbonyl (C=O) groups is 1. The summed E-state index contributed by atoms with van der Waals surface area (Å²) in [6.07, 6.45) is 9.39. The number of ketones is 1. The first-order chi connectivity index (χ1) is 6.84. The molecule has 0 spiro atoms. The van der Waals surface area contributed by atoms with E-state index in [0.29, 0.717) is 18.6 Å². The molecule has 0 radical (unpaired) electrons. The van der Waals surface area contributed by atoms with Gasteiger partial charge in [-0.15, -0.1) is 0 Å². The summed E-state index contributed by atoms with van der Waals surface area (Å²) in [6, 6.07) is 0. The first-order valence-corrected chi connectivity index (χ1v) is 5.03. The van der Waals surface area contributed by atoms with Crippen molar-refractivity contribution in [3.05, 3.63) is 35.1 Å². The highest BCUT2D eigenvalue weighted by Crippen LogP contribution is 2.36. The third-order valence-corrected chi connectivity index (χ3v) is 3.01. The van der Waals surface area contributed by atoms with Crippen molar-refractivity contribution >= 4 is 11.5 Å². The average molecular weight is 185 g/mol. The molecule has 0 aromatic heterocycles. The molecule has 0 unspecified atom stereocenters. The Kier molecular flexibility index (Phi) is 1.57. The lowest BCUT2D eigenvalue weighted by molar-refractivity contribution is -0.118. The van der Waals surface area contributed by atoms with Crippen LogP contribution in [0.5, 0.6) is 0 Å². The summed E-state index contributed by atoms with van der Waals surface area (Å²) in [7, 11) is 0. The van der Waals surface area contributed by atoms with Gasteiger partial charge in [-0.05, 0) is 30.1 Å².